The lowest BCUT2D eigenvalue weighted by Gasteiger charge is -2.33. The van der Waals surface area contributed by atoms with Gasteiger partial charge < -0.3 is 16.4 Å². The average Bonchev–Trinajstić information content (AvgIpc) is 2.47. The van der Waals surface area contributed by atoms with Crippen LogP contribution in [0.5, 0.6) is 0 Å². The van der Waals surface area contributed by atoms with Gasteiger partial charge in [0.1, 0.15) is 0 Å². The van der Waals surface area contributed by atoms with E-state index >= 15 is 0 Å². The van der Waals surface area contributed by atoms with Gasteiger partial charge in [0.05, 0.1) is 5.54 Å². The fourth-order valence-electron chi connectivity index (χ4n) is 1.75. The molecule has 4 N–H and O–H groups in total. The molecule has 0 saturated carbocycles. The summed E-state index contributed by atoms with van der Waals surface area (Å²) in [6.45, 7) is 10.0. The molecule has 0 aliphatic carbocycles. The SMILES string of the molecule is CC(C)C(=O)Nc1ccc(C(=O)NC(C)(CN)C(C)C)cc1. The number of nitrogens with two attached hydrogens (primary N) is 1. The van der Waals surface area contributed by atoms with Crippen molar-refractivity contribution in [1.29, 1.82) is 0 Å². The van der Waals surface area contributed by atoms with Crippen molar-refractivity contribution in [1.82, 2.24) is 5.32 Å². The van der Waals surface area contributed by atoms with Gasteiger partial charge in [-0.3, -0.25) is 9.59 Å². The molecule has 2 amide bonds. The molecule has 0 saturated heterocycles. The summed E-state index contributed by atoms with van der Waals surface area (Å²) in [5.74, 6) is -0.0681. The Kier molecular flexibility index (Phi) is 6.11. The van der Waals surface area contributed by atoms with Gasteiger partial charge in [0.2, 0.25) is 5.91 Å². The summed E-state index contributed by atoms with van der Waals surface area (Å²) < 4.78 is 0. The van der Waals surface area contributed by atoms with Crippen LogP contribution in [0.1, 0.15) is 45.0 Å². The van der Waals surface area contributed by atoms with Crippen molar-refractivity contribution in [2.24, 2.45) is 17.6 Å². The predicted molar refractivity (Wildman–Crippen MR) is 89.7 cm³/mol. The van der Waals surface area contributed by atoms with E-state index in [0.29, 0.717) is 17.8 Å². The number of anilines is 1. The van der Waals surface area contributed by atoms with E-state index in [1.54, 1.807) is 24.3 Å². The number of hydrogen-bond donors (Lipinski definition) is 3. The highest BCUT2D eigenvalue weighted by Crippen LogP contribution is 2.17. The van der Waals surface area contributed by atoms with Gasteiger partial charge in [0.25, 0.3) is 5.91 Å². The summed E-state index contributed by atoms with van der Waals surface area (Å²) in [7, 11) is 0. The Hall–Kier alpha value is -1.88. The van der Waals surface area contributed by atoms with Crippen molar-refractivity contribution in [2.75, 3.05) is 11.9 Å². The summed E-state index contributed by atoms with van der Waals surface area (Å²) in [5, 5.41) is 5.78. The molecule has 0 spiro atoms. The van der Waals surface area contributed by atoms with Crippen LogP contribution in [0.25, 0.3) is 0 Å². The van der Waals surface area contributed by atoms with Gasteiger partial charge in [-0.2, -0.15) is 0 Å². The van der Waals surface area contributed by atoms with E-state index in [0.717, 1.165) is 0 Å². The number of carbonyl (C=O) groups excluding carboxylic acids is 2. The first kappa shape index (κ1) is 18.2. The van der Waals surface area contributed by atoms with E-state index in [2.05, 4.69) is 10.6 Å². The Morgan fingerprint density at radius 3 is 2.09 bits per heavy atom. The molecule has 0 fully saturated rings. The molecule has 1 atom stereocenters. The van der Waals surface area contributed by atoms with Crippen molar-refractivity contribution in [3.63, 3.8) is 0 Å². The Balaban J connectivity index is 2.78. The average molecular weight is 305 g/mol. The zero-order chi connectivity index (χ0) is 16.9. The van der Waals surface area contributed by atoms with Crippen LogP contribution in [0.3, 0.4) is 0 Å². The monoisotopic (exact) mass is 305 g/mol. The third-order valence-electron chi connectivity index (χ3n) is 4.04. The van der Waals surface area contributed by atoms with E-state index in [1.165, 1.54) is 0 Å². The zero-order valence-electron chi connectivity index (χ0n) is 14.1. The lowest BCUT2D eigenvalue weighted by Crippen LogP contribution is -2.55. The summed E-state index contributed by atoms with van der Waals surface area (Å²) >= 11 is 0. The van der Waals surface area contributed by atoms with Crippen molar-refractivity contribution in [3.8, 4) is 0 Å². The van der Waals surface area contributed by atoms with Crippen LogP contribution in [-0.2, 0) is 4.79 Å². The molecule has 0 aromatic heterocycles. The molecule has 0 aliphatic rings. The van der Waals surface area contributed by atoms with Crippen LogP contribution in [0.4, 0.5) is 5.69 Å². The third kappa shape index (κ3) is 4.56. The Morgan fingerprint density at radius 1 is 1.14 bits per heavy atom. The number of benzene rings is 1. The van der Waals surface area contributed by atoms with E-state index in [4.69, 9.17) is 5.73 Å². The second-order valence-electron chi connectivity index (χ2n) is 6.45. The first-order chi connectivity index (χ1) is 10.2. The summed E-state index contributed by atoms with van der Waals surface area (Å²) in [5.41, 5.74) is 6.56. The molecule has 0 heterocycles. The largest absolute Gasteiger partial charge is 0.345 e. The van der Waals surface area contributed by atoms with Crippen LogP contribution < -0.4 is 16.4 Å². The lowest BCUT2D eigenvalue weighted by atomic mass is 9.88. The van der Waals surface area contributed by atoms with Gasteiger partial charge in [0, 0.05) is 23.7 Å². The number of carbonyl (C=O) groups is 2. The molecular formula is C17H27N3O2. The second-order valence-corrected chi connectivity index (χ2v) is 6.45. The number of amides is 2. The molecular weight excluding hydrogens is 278 g/mol. The highest BCUT2D eigenvalue weighted by atomic mass is 16.2. The number of rotatable bonds is 6. The summed E-state index contributed by atoms with van der Waals surface area (Å²) in [6.07, 6.45) is 0. The normalized spacial score (nSPS) is 13.8. The lowest BCUT2D eigenvalue weighted by molar-refractivity contribution is -0.118. The smallest absolute Gasteiger partial charge is 0.251 e. The molecule has 5 heteroatoms. The molecule has 122 valence electrons. The van der Waals surface area contributed by atoms with E-state index < -0.39 is 5.54 Å². The second kappa shape index (κ2) is 7.40. The maximum atomic E-state index is 12.3. The third-order valence-corrected chi connectivity index (χ3v) is 4.04. The van der Waals surface area contributed by atoms with Crippen LogP contribution in [0.15, 0.2) is 24.3 Å². The Bertz CT molecular complexity index is 523. The van der Waals surface area contributed by atoms with Gasteiger partial charge in [-0.05, 0) is 37.1 Å². The Morgan fingerprint density at radius 2 is 1.68 bits per heavy atom. The fourth-order valence-corrected chi connectivity index (χ4v) is 1.75. The van der Waals surface area contributed by atoms with Crippen molar-refractivity contribution in [3.05, 3.63) is 29.8 Å². The molecule has 22 heavy (non-hydrogen) atoms. The molecule has 1 unspecified atom stereocenters. The summed E-state index contributed by atoms with van der Waals surface area (Å²) in [4.78, 5) is 23.9. The first-order valence-corrected chi connectivity index (χ1v) is 7.63. The molecule has 1 rings (SSSR count). The highest BCUT2D eigenvalue weighted by molar-refractivity contribution is 5.96. The van der Waals surface area contributed by atoms with E-state index in [-0.39, 0.29) is 23.7 Å². The summed E-state index contributed by atoms with van der Waals surface area (Å²) in [6, 6.07) is 6.85. The quantitative estimate of drug-likeness (QED) is 0.754. The van der Waals surface area contributed by atoms with E-state index in [9.17, 15) is 9.59 Å². The minimum Gasteiger partial charge on any atom is -0.345 e. The standard InChI is InChI=1S/C17H27N3O2/c1-11(2)15(21)19-14-8-6-13(7-9-14)16(22)20-17(5,10-18)12(3)4/h6-9,11-12H,10,18H2,1-5H3,(H,19,21)(H,20,22). The molecule has 1 aromatic rings. The maximum Gasteiger partial charge on any atom is 0.251 e. The minimum absolute atomic E-state index is 0.0484. The van der Waals surface area contributed by atoms with Crippen LogP contribution in [-0.4, -0.2) is 23.9 Å². The predicted octanol–water partition coefficient (Wildman–Crippen LogP) is 2.38. The highest BCUT2D eigenvalue weighted by Gasteiger charge is 2.28. The Labute approximate surface area is 132 Å². The van der Waals surface area contributed by atoms with E-state index in [1.807, 2.05) is 34.6 Å². The molecule has 0 radical (unpaired) electrons. The van der Waals surface area contributed by atoms with Crippen molar-refractivity contribution < 1.29 is 9.59 Å². The van der Waals surface area contributed by atoms with Gasteiger partial charge in [-0.1, -0.05) is 27.7 Å². The van der Waals surface area contributed by atoms with Gasteiger partial charge in [-0.15, -0.1) is 0 Å². The minimum atomic E-state index is -0.443. The first-order valence-electron chi connectivity index (χ1n) is 7.63. The van der Waals surface area contributed by atoms with Crippen LogP contribution in [0, 0.1) is 11.8 Å². The molecule has 1 aromatic carbocycles. The molecule has 0 bridgehead atoms. The maximum absolute atomic E-state index is 12.3. The fraction of sp³-hybridized carbons (Fsp3) is 0.529. The topological polar surface area (TPSA) is 84.2 Å². The number of nitrogens with one attached hydrogen (secondary N) is 2. The van der Waals surface area contributed by atoms with Crippen LogP contribution >= 0.6 is 0 Å². The molecule has 0 aliphatic heterocycles. The van der Waals surface area contributed by atoms with Gasteiger partial charge >= 0.3 is 0 Å². The zero-order valence-corrected chi connectivity index (χ0v) is 14.1. The van der Waals surface area contributed by atoms with Gasteiger partial charge in [0.15, 0.2) is 0 Å². The van der Waals surface area contributed by atoms with Crippen molar-refractivity contribution in [2.45, 2.75) is 40.2 Å². The van der Waals surface area contributed by atoms with Gasteiger partial charge in [-0.25, -0.2) is 0 Å². The van der Waals surface area contributed by atoms with Crippen LogP contribution in [0.2, 0.25) is 0 Å². The van der Waals surface area contributed by atoms with Crippen molar-refractivity contribution >= 4 is 17.5 Å². The number of hydrogen-bond acceptors (Lipinski definition) is 3. The molecule has 5 nitrogen and oxygen atoms in total.